The summed E-state index contributed by atoms with van der Waals surface area (Å²) in [6, 6.07) is 14.2. The number of halogens is 2. The lowest BCUT2D eigenvalue weighted by atomic mass is 10.1. The smallest absolute Gasteiger partial charge is 0.132 e. The van der Waals surface area contributed by atoms with Crippen molar-refractivity contribution in [2.24, 2.45) is 0 Å². The van der Waals surface area contributed by atoms with Crippen LogP contribution in [-0.4, -0.2) is 6.54 Å². The van der Waals surface area contributed by atoms with Crippen LogP contribution >= 0.6 is 31.9 Å². The molecule has 0 bridgehead atoms. The normalized spacial score (nSPS) is 12.2. The van der Waals surface area contributed by atoms with Gasteiger partial charge in [-0.25, -0.2) is 0 Å². The minimum Gasteiger partial charge on any atom is -0.457 e. The molecule has 0 aliphatic carbocycles. The Bertz CT molecular complexity index is 586. The maximum Gasteiger partial charge on any atom is 0.132 e. The summed E-state index contributed by atoms with van der Waals surface area (Å²) in [5.41, 5.74) is 1.14. The van der Waals surface area contributed by atoms with E-state index in [1.807, 2.05) is 36.4 Å². The molecule has 0 fully saturated rings. The van der Waals surface area contributed by atoms with E-state index in [4.69, 9.17) is 4.74 Å². The molecule has 1 N–H and O–H groups in total. The Morgan fingerprint density at radius 3 is 2.55 bits per heavy atom. The standard InChI is InChI=1S/C16H17Br2NO/c1-3-19-11(2)15-10-13(18)7-8-16(15)20-14-6-4-5-12(17)9-14/h4-11,19H,3H2,1-2H3. The minimum absolute atomic E-state index is 0.236. The maximum absolute atomic E-state index is 6.02. The van der Waals surface area contributed by atoms with Gasteiger partial charge < -0.3 is 10.1 Å². The summed E-state index contributed by atoms with van der Waals surface area (Å²) in [6.45, 7) is 5.16. The molecule has 0 radical (unpaired) electrons. The molecule has 2 aromatic rings. The first-order valence-corrected chi connectivity index (χ1v) is 8.15. The fraction of sp³-hybridized carbons (Fsp3) is 0.250. The highest BCUT2D eigenvalue weighted by Gasteiger charge is 2.12. The van der Waals surface area contributed by atoms with Gasteiger partial charge in [-0.2, -0.15) is 0 Å². The Morgan fingerprint density at radius 1 is 1.10 bits per heavy atom. The van der Waals surface area contributed by atoms with Crippen LogP contribution in [0.25, 0.3) is 0 Å². The molecule has 2 aromatic carbocycles. The molecule has 1 unspecified atom stereocenters. The summed E-state index contributed by atoms with van der Waals surface area (Å²) in [6.07, 6.45) is 0. The van der Waals surface area contributed by atoms with E-state index in [2.05, 4.69) is 57.1 Å². The summed E-state index contributed by atoms with van der Waals surface area (Å²) in [7, 11) is 0. The predicted molar refractivity (Wildman–Crippen MR) is 90.4 cm³/mol. The summed E-state index contributed by atoms with van der Waals surface area (Å²) >= 11 is 6.98. The van der Waals surface area contributed by atoms with Gasteiger partial charge in [0.05, 0.1) is 0 Å². The predicted octanol–water partition coefficient (Wildman–Crippen LogP) is 5.67. The number of ether oxygens (including phenoxy) is 1. The Morgan fingerprint density at radius 2 is 1.85 bits per heavy atom. The molecular formula is C16H17Br2NO. The molecule has 0 amide bonds. The van der Waals surface area contributed by atoms with E-state index >= 15 is 0 Å². The van der Waals surface area contributed by atoms with Crippen molar-refractivity contribution in [3.8, 4) is 11.5 Å². The molecule has 4 heteroatoms. The van der Waals surface area contributed by atoms with Crippen molar-refractivity contribution in [2.75, 3.05) is 6.54 Å². The van der Waals surface area contributed by atoms with E-state index in [9.17, 15) is 0 Å². The third-order valence-electron chi connectivity index (χ3n) is 2.97. The SMILES string of the molecule is CCNC(C)c1cc(Br)ccc1Oc1cccc(Br)c1. The zero-order chi connectivity index (χ0) is 14.5. The Hall–Kier alpha value is -0.840. The van der Waals surface area contributed by atoms with Gasteiger partial charge in [-0.15, -0.1) is 0 Å². The number of benzene rings is 2. The largest absolute Gasteiger partial charge is 0.457 e. The lowest BCUT2D eigenvalue weighted by Gasteiger charge is -2.18. The van der Waals surface area contributed by atoms with Crippen LogP contribution in [0.1, 0.15) is 25.5 Å². The van der Waals surface area contributed by atoms with Gasteiger partial charge in [-0.3, -0.25) is 0 Å². The van der Waals surface area contributed by atoms with Crippen molar-refractivity contribution in [1.29, 1.82) is 0 Å². The van der Waals surface area contributed by atoms with Crippen molar-refractivity contribution in [1.82, 2.24) is 5.32 Å². The fourth-order valence-electron chi connectivity index (χ4n) is 2.02. The summed E-state index contributed by atoms with van der Waals surface area (Å²) in [4.78, 5) is 0. The highest BCUT2D eigenvalue weighted by atomic mass is 79.9. The molecule has 0 aromatic heterocycles. The molecule has 0 saturated carbocycles. The van der Waals surface area contributed by atoms with Gasteiger partial charge in [0, 0.05) is 20.6 Å². The Labute approximate surface area is 136 Å². The fourth-order valence-corrected chi connectivity index (χ4v) is 2.78. The third-order valence-corrected chi connectivity index (χ3v) is 3.96. The molecule has 0 spiro atoms. The molecule has 20 heavy (non-hydrogen) atoms. The lowest BCUT2D eigenvalue weighted by molar-refractivity contribution is 0.462. The van der Waals surface area contributed by atoms with Crippen molar-refractivity contribution >= 4 is 31.9 Å². The highest BCUT2D eigenvalue weighted by Crippen LogP contribution is 2.32. The van der Waals surface area contributed by atoms with Crippen LogP contribution in [0.4, 0.5) is 0 Å². The van der Waals surface area contributed by atoms with Gasteiger partial charge in [0.2, 0.25) is 0 Å². The van der Waals surface area contributed by atoms with Crippen molar-refractivity contribution < 1.29 is 4.74 Å². The lowest BCUT2D eigenvalue weighted by Crippen LogP contribution is -2.18. The van der Waals surface area contributed by atoms with Gasteiger partial charge in [-0.05, 0) is 49.9 Å². The first kappa shape index (κ1) is 15.5. The third kappa shape index (κ3) is 4.08. The second kappa shape index (κ2) is 7.25. The topological polar surface area (TPSA) is 21.3 Å². The van der Waals surface area contributed by atoms with E-state index in [1.165, 1.54) is 0 Å². The van der Waals surface area contributed by atoms with Crippen LogP contribution in [-0.2, 0) is 0 Å². The van der Waals surface area contributed by atoms with Crippen LogP contribution < -0.4 is 10.1 Å². The molecule has 2 nitrogen and oxygen atoms in total. The van der Waals surface area contributed by atoms with Crippen molar-refractivity contribution in [3.05, 3.63) is 57.0 Å². The maximum atomic E-state index is 6.02. The molecule has 106 valence electrons. The van der Waals surface area contributed by atoms with Gasteiger partial charge in [0.25, 0.3) is 0 Å². The van der Waals surface area contributed by atoms with Crippen molar-refractivity contribution in [3.63, 3.8) is 0 Å². The highest BCUT2D eigenvalue weighted by molar-refractivity contribution is 9.10. The minimum atomic E-state index is 0.236. The van der Waals surface area contributed by atoms with Crippen molar-refractivity contribution in [2.45, 2.75) is 19.9 Å². The van der Waals surface area contributed by atoms with Gasteiger partial charge in [-0.1, -0.05) is 44.8 Å². The second-order valence-corrected chi connectivity index (χ2v) is 6.35. The van der Waals surface area contributed by atoms with Crippen LogP contribution in [0.15, 0.2) is 51.4 Å². The van der Waals surface area contributed by atoms with E-state index in [1.54, 1.807) is 0 Å². The number of nitrogens with one attached hydrogen (secondary N) is 1. The molecular weight excluding hydrogens is 382 g/mol. The number of hydrogen-bond acceptors (Lipinski definition) is 2. The molecule has 0 heterocycles. The Balaban J connectivity index is 2.31. The van der Waals surface area contributed by atoms with Gasteiger partial charge >= 0.3 is 0 Å². The van der Waals surface area contributed by atoms with Gasteiger partial charge in [0.15, 0.2) is 0 Å². The Kier molecular flexibility index (Phi) is 5.64. The van der Waals surface area contributed by atoms with Crippen LogP contribution in [0.3, 0.4) is 0 Å². The van der Waals surface area contributed by atoms with E-state index in [0.717, 1.165) is 32.6 Å². The van der Waals surface area contributed by atoms with E-state index < -0.39 is 0 Å². The molecule has 1 atom stereocenters. The quantitative estimate of drug-likeness (QED) is 0.699. The average Bonchev–Trinajstić information content (AvgIpc) is 2.41. The molecule has 0 aliphatic rings. The molecule has 2 rings (SSSR count). The molecule has 0 saturated heterocycles. The zero-order valence-corrected chi connectivity index (χ0v) is 14.7. The molecule has 0 aliphatic heterocycles. The van der Waals surface area contributed by atoms with E-state index in [0.29, 0.717) is 0 Å². The summed E-state index contributed by atoms with van der Waals surface area (Å²) < 4.78 is 8.08. The summed E-state index contributed by atoms with van der Waals surface area (Å²) in [5, 5.41) is 3.42. The van der Waals surface area contributed by atoms with Crippen LogP contribution in [0.2, 0.25) is 0 Å². The average molecular weight is 399 g/mol. The first-order chi connectivity index (χ1) is 9.60. The second-order valence-electron chi connectivity index (χ2n) is 4.52. The number of rotatable bonds is 5. The zero-order valence-electron chi connectivity index (χ0n) is 11.5. The van der Waals surface area contributed by atoms with Crippen LogP contribution in [0.5, 0.6) is 11.5 Å². The first-order valence-electron chi connectivity index (χ1n) is 6.56. The summed E-state index contributed by atoms with van der Waals surface area (Å²) in [5.74, 6) is 1.70. The van der Waals surface area contributed by atoms with Gasteiger partial charge in [0.1, 0.15) is 11.5 Å². The monoisotopic (exact) mass is 397 g/mol. The van der Waals surface area contributed by atoms with Crippen LogP contribution in [0, 0.1) is 0 Å². The number of hydrogen-bond donors (Lipinski definition) is 1. The van der Waals surface area contributed by atoms with E-state index in [-0.39, 0.29) is 6.04 Å².